The lowest BCUT2D eigenvalue weighted by Gasteiger charge is -2.08. The highest BCUT2D eigenvalue weighted by atomic mass is 32.2. The molecule has 0 aliphatic rings. The van der Waals surface area contributed by atoms with Crippen molar-refractivity contribution in [2.24, 2.45) is 5.73 Å². The third-order valence-corrected chi connectivity index (χ3v) is 2.97. The van der Waals surface area contributed by atoms with E-state index in [1.54, 1.807) is 0 Å². The lowest BCUT2D eigenvalue weighted by molar-refractivity contribution is 0.344. The first-order chi connectivity index (χ1) is 7.24. The molecule has 0 aromatic heterocycles. The van der Waals surface area contributed by atoms with E-state index in [1.165, 1.54) is 0 Å². The molecule has 2 nitrogen and oxygen atoms in total. The number of thioether (sulfide) groups is 1. The van der Waals surface area contributed by atoms with Crippen LogP contribution >= 0.6 is 11.8 Å². The van der Waals surface area contributed by atoms with Crippen molar-refractivity contribution in [2.75, 3.05) is 18.1 Å². The van der Waals surface area contributed by atoms with E-state index < -0.39 is 0 Å². The molecule has 15 heavy (non-hydrogen) atoms. The molecule has 0 fully saturated rings. The lowest BCUT2D eigenvalue weighted by atomic mass is 10.1. The van der Waals surface area contributed by atoms with Crippen molar-refractivity contribution in [1.82, 2.24) is 0 Å². The molecule has 0 spiro atoms. The molecule has 0 saturated heterocycles. The molecule has 0 aliphatic carbocycles. The normalized spacial score (nSPS) is 12.5. The summed E-state index contributed by atoms with van der Waals surface area (Å²) >= 11 is 1.89. The highest BCUT2D eigenvalue weighted by molar-refractivity contribution is 7.99. The van der Waals surface area contributed by atoms with Crippen LogP contribution < -0.4 is 10.5 Å². The van der Waals surface area contributed by atoms with E-state index in [-0.39, 0.29) is 6.04 Å². The number of benzene rings is 1. The van der Waals surface area contributed by atoms with Gasteiger partial charge in [0.25, 0.3) is 0 Å². The summed E-state index contributed by atoms with van der Waals surface area (Å²) in [4.78, 5) is 0. The minimum Gasteiger partial charge on any atom is -0.493 e. The van der Waals surface area contributed by atoms with Gasteiger partial charge < -0.3 is 10.5 Å². The Hall–Kier alpha value is -0.670. The van der Waals surface area contributed by atoms with E-state index in [0.29, 0.717) is 0 Å². The minimum atomic E-state index is 0.0923. The molecule has 0 bridgehead atoms. The topological polar surface area (TPSA) is 35.2 Å². The molecule has 0 aliphatic heterocycles. The van der Waals surface area contributed by atoms with Gasteiger partial charge in [0.15, 0.2) is 0 Å². The number of hydrogen-bond donors (Lipinski definition) is 1. The molecule has 0 unspecified atom stereocenters. The SMILES string of the molecule is CCSCCOc1ccc([C@@H](C)N)cc1. The van der Waals surface area contributed by atoms with Crippen LogP contribution in [0.15, 0.2) is 24.3 Å². The summed E-state index contributed by atoms with van der Waals surface area (Å²) < 4.78 is 5.58. The number of ether oxygens (including phenoxy) is 1. The van der Waals surface area contributed by atoms with Gasteiger partial charge in [-0.25, -0.2) is 0 Å². The fourth-order valence-electron chi connectivity index (χ4n) is 1.23. The Morgan fingerprint density at radius 3 is 2.53 bits per heavy atom. The van der Waals surface area contributed by atoms with Gasteiger partial charge >= 0.3 is 0 Å². The summed E-state index contributed by atoms with van der Waals surface area (Å²) in [5.41, 5.74) is 6.90. The van der Waals surface area contributed by atoms with Gasteiger partial charge in [-0.2, -0.15) is 11.8 Å². The maximum atomic E-state index is 5.76. The second-order valence-corrected chi connectivity index (χ2v) is 4.80. The maximum Gasteiger partial charge on any atom is 0.119 e. The van der Waals surface area contributed by atoms with Gasteiger partial charge in [0, 0.05) is 11.8 Å². The van der Waals surface area contributed by atoms with E-state index in [0.717, 1.165) is 29.4 Å². The monoisotopic (exact) mass is 225 g/mol. The number of nitrogens with two attached hydrogens (primary N) is 1. The molecule has 0 saturated carbocycles. The Morgan fingerprint density at radius 2 is 2.00 bits per heavy atom. The summed E-state index contributed by atoms with van der Waals surface area (Å²) in [5, 5.41) is 0. The van der Waals surface area contributed by atoms with Crippen LogP contribution in [0.4, 0.5) is 0 Å². The van der Waals surface area contributed by atoms with Crippen LogP contribution in [0.1, 0.15) is 25.5 Å². The predicted molar refractivity (Wildman–Crippen MR) is 67.5 cm³/mol. The van der Waals surface area contributed by atoms with E-state index in [2.05, 4.69) is 6.92 Å². The van der Waals surface area contributed by atoms with Crippen LogP contribution in [-0.4, -0.2) is 18.1 Å². The van der Waals surface area contributed by atoms with Gasteiger partial charge in [-0.05, 0) is 30.4 Å². The molecular formula is C12H19NOS. The number of rotatable bonds is 6. The molecular weight excluding hydrogens is 206 g/mol. The Bertz CT molecular complexity index is 271. The summed E-state index contributed by atoms with van der Waals surface area (Å²) in [6, 6.07) is 8.10. The van der Waals surface area contributed by atoms with Crippen LogP contribution in [0.2, 0.25) is 0 Å². The van der Waals surface area contributed by atoms with E-state index in [9.17, 15) is 0 Å². The third kappa shape index (κ3) is 4.58. The fraction of sp³-hybridized carbons (Fsp3) is 0.500. The van der Waals surface area contributed by atoms with Crippen molar-refractivity contribution in [3.8, 4) is 5.75 Å². The Labute approximate surface area is 96.2 Å². The van der Waals surface area contributed by atoms with Crippen LogP contribution in [0, 0.1) is 0 Å². The Balaban J connectivity index is 2.36. The van der Waals surface area contributed by atoms with Crippen molar-refractivity contribution in [2.45, 2.75) is 19.9 Å². The molecule has 0 radical (unpaired) electrons. The zero-order valence-corrected chi connectivity index (χ0v) is 10.2. The zero-order valence-electron chi connectivity index (χ0n) is 9.40. The summed E-state index contributed by atoms with van der Waals surface area (Å²) in [5.74, 6) is 3.12. The summed E-state index contributed by atoms with van der Waals surface area (Å²) in [7, 11) is 0. The van der Waals surface area contributed by atoms with Gasteiger partial charge in [0.1, 0.15) is 5.75 Å². The van der Waals surface area contributed by atoms with Crippen molar-refractivity contribution in [3.05, 3.63) is 29.8 Å². The highest BCUT2D eigenvalue weighted by Gasteiger charge is 1.99. The van der Waals surface area contributed by atoms with Crippen LogP contribution in [-0.2, 0) is 0 Å². The summed E-state index contributed by atoms with van der Waals surface area (Å²) in [6.45, 7) is 4.91. The molecule has 1 aromatic rings. The van der Waals surface area contributed by atoms with E-state index >= 15 is 0 Å². The fourth-order valence-corrected chi connectivity index (χ4v) is 1.72. The van der Waals surface area contributed by atoms with Gasteiger partial charge in [0.05, 0.1) is 6.61 Å². The molecule has 2 N–H and O–H groups in total. The first-order valence-corrected chi connectivity index (χ1v) is 6.45. The molecule has 1 aromatic carbocycles. The van der Waals surface area contributed by atoms with Crippen molar-refractivity contribution >= 4 is 11.8 Å². The number of hydrogen-bond acceptors (Lipinski definition) is 3. The van der Waals surface area contributed by atoms with Crippen LogP contribution in [0.25, 0.3) is 0 Å². The van der Waals surface area contributed by atoms with Gasteiger partial charge in [-0.3, -0.25) is 0 Å². The summed E-state index contributed by atoms with van der Waals surface area (Å²) in [6.07, 6.45) is 0. The molecule has 1 rings (SSSR count). The molecule has 3 heteroatoms. The zero-order chi connectivity index (χ0) is 11.1. The largest absolute Gasteiger partial charge is 0.493 e. The second kappa shape index (κ2) is 6.75. The second-order valence-electron chi connectivity index (χ2n) is 3.40. The minimum absolute atomic E-state index is 0.0923. The third-order valence-electron chi connectivity index (χ3n) is 2.11. The van der Waals surface area contributed by atoms with Gasteiger partial charge in [0.2, 0.25) is 0 Å². The van der Waals surface area contributed by atoms with Crippen LogP contribution in [0.5, 0.6) is 5.75 Å². The first kappa shape index (κ1) is 12.4. The average molecular weight is 225 g/mol. The molecule has 84 valence electrons. The van der Waals surface area contributed by atoms with E-state index in [4.69, 9.17) is 10.5 Å². The quantitative estimate of drug-likeness (QED) is 0.756. The Kier molecular flexibility index (Phi) is 5.58. The van der Waals surface area contributed by atoms with Crippen molar-refractivity contribution in [1.29, 1.82) is 0 Å². The smallest absolute Gasteiger partial charge is 0.119 e. The predicted octanol–water partition coefficient (Wildman–Crippen LogP) is 2.84. The van der Waals surface area contributed by atoms with Crippen molar-refractivity contribution in [3.63, 3.8) is 0 Å². The molecule has 0 amide bonds. The highest BCUT2D eigenvalue weighted by Crippen LogP contribution is 2.16. The first-order valence-electron chi connectivity index (χ1n) is 5.30. The van der Waals surface area contributed by atoms with Crippen LogP contribution in [0.3, 0.4) is 0 Å². The average Bonchev–Trinajstić information content (AvgIpc) is 2.25. The lowest BCUT2D eigenvalue weighted by Crippen LogP contribution is -2.05. The Morgan fingerprint density at radius 1 is 1.33 bits per heavy atom. The molecule has 1 atom stereocenters. The maximum absolute atomic E-state index is 5.76. The van der Waals surface area contributed by atoms with Gasteiger partial charge in [-0.15, -0.1) is 0 Å². The van der Waals surface area contributed by atoms with Gasteiger partial charge in [-0.1, -0.05) is 19.1 Å². The standard InChI is InChI=1S/C12H19NOS/c1-3-15-9-8-14-12-6-4-11(5-7-12)10(2)13/h4-7,10H,3,8-9,13H2,1-2H3/t10-/m1/s1. The molecule has 0 heterocycles. The van der Waals surface area contributed by atoms with Crippen molar-refractivity contribution < 1.29 is 4.74 Å². The van der Waals surface area contributed by atoms with E-state index in [1.807, 2.05) is 43.0 Å².